The van der Waals surface area contributed by atoms with Gasteiger partial charge in [0.2, 0.25) is 0 Å². The highest BCUT2D eigenvalue weighted by Gasteiger charge is 1.91. The first kappa shape index (κ1) is 21.7. The van der Waals surface area contributed by atoms with Gasteiger partial charge in [-0.3, -0.25) is 0 Å². The van der Waals surface area contributed by atoms with Crippen molar-refractivity contribution in [2.75, 3.05) is 19.6 Å². The van der Waals surface area contributed by atoms with Crippen LogP contribution in [0, 0.1) is 0 Å². The van der Waals surface area contributed by atoms with E-state index in [0.29, 0.717) is 0 Å². The number of unbranched alkanes of at least 4 members (excludes halogenated alkanes) is 12. The van der Waals surface area contributed by atoms with E-state index < -0.39 is 0 Å². The second-order valence-electron chi connectivity index (χ2n) is 6.48. The summed E-state index contributed by atoms with van der Waals surface area (Å²) in [6, 6.07) is 0. The van der Waals surface area contributed by atoms with Crippen LogP contribution in [-0.2, 0) is 0 Å². The molecule has 22 heavy (non-hydrogen) atoms. The van der Waals surface area contributed by atoms with Crippen LogP contribution in [0.25, 0.3) is 0 Å². The lowest BCUT2D eigenvalue weighted by Crippen LogP contribution is -2.23. The minimum absolute atomic E-state index is 0.756. The van der Waals surface area contributed by atoms with E-state index in [1.165, 1.54) is 89.9 Å². The zero-order valence-corrected chi connectivity index (χ0v) is 15.3. The van der Waals surface area contributed by atoms with Crippen molar-refractivity contribution in [1.29, 1.82) is 0 Å². The van der Waals surface area contributed by atoms with E-state index in [0.717, 1.165) is 19.6 Å². The number of rotatable bonds is 18. The highest BCUT2D eigenvalue weighted by atomic mass is 14.9. The third kappa shape index (κ3) is 19.7. The zero-order chi connectivity index (χ0) is 16.1. The quantitative estimate of drug-likeness (QED) is 0.256. The smallest absolute Gasteiger partial charge is 0.00745 e. The van der Waals surface area contributed by atoms with E-state index in [2.05, 4.69) is 24.4 Å². The molecule has 0 saturated heterocycles. The second kappa shape index (κ2) is 20.7. The Hall–Kier alpha value is -0.340. The molecule has 2 nitrogen and oxygen atoms in total. The molecule has 3 N–H and O–H groups in total. The maximum Gasteiger partial charge on any atom is 0.00745 e. The van der Waals surface area contributed by atoms with Crippen molar-refractivity contribution in [2.24, 2.45) is 5.73 Å². The first-order valence-corrected chi connectivity index (χ1v) is 9.97. The summed E-state index contributed by atoms with van der Waals surface area (Å²) in [5.41, 5.74) is 5.43. The molecule has 0 rings (SSSR count). The van der Waals surface area contributed by atoms with Gasteiger partial charge in [-0.05, 0) is 38.6 Å². The van der Waals surface area contributed by atoms with Gasteiger partial charge >= 0.3 is 0 Å². The lowest BCUT2D eigenvalue weighted by atomic mass is 10.1. The molecule has 132 valence electrons. The van der Waals surface area contributed by atoms with Gasteiger partial charge < -0.3 is 11.1 Å². The first-order valence-electron chi connectivity index (χ1n) is 9.97. The predicted molar refractivity (Wildman–Crippen MR) is 101 cm³/mol. The van der Waals surface area contributed by atoms with Gasteiger partial charge in [0.25, 0.3) is 0 Å². The molecule has 0 aliphatic heterocycles. The summed E-state index contributed by atoms with van der Waals surface area (Å²) in [6.07, 6.45) is 24.1. The van der Waals surface area contributed by atoms with Crippen LogP contribution in [0.3, 0.4) is 0 Å². The SMILES string of the molecule is CCCCCCCC/C=C/CCCCCCCCNCCN. The van der Waals surface area contributed by atoms with Crippen LogP contribution in [0.4, 0.5) is 0 Å². The highest BCUT2D eigenvalue weighted by Crippen LogP contribution is 2.09. The van der Waals surface area contributed by atoms with Crippen LogP contribution >= 0.6 is 0 Å². The van der Waals surface area contributed by atoms with E-state index in [-0.39, 0.29) is 0 Å². The van der Waals surface area contributed by atoms with Gasteiger partial charge in [0.15, 0.2) is 0 Å². The maximum absolute atomic E-state index is 5.43. The molecule has 0 aromatic rings. The van der Waals surface area contributed by atoms with Gasteiger partial charge in [-0.1, -0.05) is 76.9 Å². The number of hydrogen-bond donors (Lipinski definition) is 2. The Balaban J connectivity index is 3.02. The minimum atomic E-state index is 0.756. The molecule has 0 saturated carbocycles. The van der Waals surface area contributed by atoms with Gasteiger partial charge in [-0.25, -0.2) is 0 Å². The Labute approximate surface area is 140 Å². The van der Waals surface area contributed by atoms with Gasteiger partial charge in [-0.2, -0.15) is 0 Å². The fraction of sp³-hybridized carbons (Fsp3) is 0.900. The summed E-state index contributed by atoms with van der Waals surface area (Å²) in [5, 5.41) is 3.35. The number of hydrogen-bond acceptors (Lipinski definition) is 2. The van der Waals surface area contributed by atoms with Crippen molar-refractivity contribution in [3.63, 3.8) is 0 Å². The lowest BCUT2D eigenvalue weighted by Gasteiger charge is -2.03. The molecule has 0 spiro atoms. The summed E-state index contributed by atoms with van der Waals surface area (Å²) in [7, 11) is 0. The summed E-state index contributed by atoms with van der Waals surface area (Å²) < 4.78 is 0. The molecule has 0 heterocycles. The molecule has 0 aromatic heterocycles. The van der Waals surface area contributed by atoms with E-state index in [9.17, 15) is 0 Å². The number of nitrogens with one attached hydrogen (secondary N) is 1. The standard InChI is InChI=1S/C20H42N2/c1-2-3-4-5-6-7-8-9-10-11-12-13-14-15-16-17-19-22-20-18-21/h9-10,22H,2-8,11-21H2,1H3/b10-9+. The third-order valence-corrected chi connectivity index (χ3v) is 4.19. The van der Waals surface area contributed by atoms with Crippen molar-refractivity contribution in [3.05, 3.63) is 12.2 Å². The summed E-state index contributed by atoms with van der Waals surface area (Å²) >= 11 is 0. The van der Waals surface area contributed by atoms with Crippen LogP contribution in [0.5, 0.6) is 0 Å². The van der Waals surface area contributed by atoms with Crippen molar-refractivity contribution < 1.29 is 0 Å². The molecule has 2 heteroatoms. The Kier molecular flexibility index (Phi) is 20.3. The Bertz CT molecular complexity index is 214. The van der Waals surface area contributed by atoms with E-state index in [4.69, 9.17) is 5.73 Å². The van der Waals surface area contributed by atoms with Crippen molar-refractivity contribution in [2.45, 2.75) is 96.8 Å². The molecule has 0 atom stereocenters. The molecule has 0 unspecified atom stereocenters. The van der Waals surface area contributed by atoms with Crippen LogP contribution in [0.2, 0.25) is 0 Å². The molecular formula is C20H42N2. The first-order chi connectivity index (χ1) is 10.9. The average molecular weight is 311 g/mol. The van der Waals surface area contributed by atoms with Crippen molar-refractivity contribution in [3.8, 4) is 0 Å². The Morgan fingerprint density at radius 2 is 1.14 bits per heavy atom. The molecular weight excluding hydrogens is 268 g/mol. The normalized spacial score (nSPS) is 11.5. The topological polar surface area (TPSA) is 38.0 Å². The minimum Gasteiger partial charge on any atom is -0.329 e. The second-order valence-corrected chi connectivity index (χ2v) is 6.48. The van der Waals surface area contributed by atoms with Crippen molar-refractivity contribution in [1.82, 2.24) is 5.32 Å². The van der Waals surface area contributed by atoms with Gasteiger partial charge in [-0.15, -0.1) is 0 Å². The molecule has 0 aliphatic carbocycles. The van der Waals surface area contributed by atoms with Crippen LogP contribution in [0.15, 0.2) is 12.2 Å². The van der Waals surface area contributed by atoms with Gasteiger partial charge in [0.05, 0.1) is 0 Å². The molecule has 0 aliphatic rings. The van der Waals surface area contributed by atoms with E-state index >= 15 is 0 Å². The largest absolute Gasteiger partial charge is 0.329 e. The zero-order valence-electron chi connectivity index (χ0n) is 15.3. The van der Waals surface area contributed by atoms with Gasteiger partial charge in [0, 0.05) is 13.1 Å². The predicted octanol–water partition coefficient (Wildman–Crippen LogP) is 5.57. The van der Waals surface area contributed by atoms with Crippen LogP contribution in [0.1, 0.15) is 96.8 Å². The van der Waals surface area contributed by atoms with Crippen LogP contribution < -0.4 is 11.1 Å². The molecule has 0 radical (unpaired) electrons. The maximum atomic E-state index is 5.43. The molecule has 0 aromatic carbocycles. The Morgan fingerprint density at radius 3 is 1.68 bits per heavy atom. The summed E-state index contributed by atoms with van der Waals surface area (Å²) in [4.78, 5) is 0. The monoisotopic (exact) mass is 310 g/mol. The summed E-state index contributed by atoms with van der Waals surface area (Å²) in [6.45, 7) is 5.14. The number of nitrogens with two attached hydrogens (primary N) is 1. The fourth-order valence-corrected chi connectivity index (χ4v) is 2.72. The molecule has 0 fully saturated rings. The third-order valence-electron chi connectivity index (χ3n) is 4.19. The fourth-order valence-electron chi connectivity index (χ4n) is 2.72. The van der Waals surface area contributed by atoms with Crippen molar-refractivity contribution >= 4 is 0 Å². The van der Waals surface area contributed by atoms with E-state index in [1.807, 2.05) is 0 Å². The molecule has 0 amide bonds. The Morgan fingerprint density at radius 1 is 0.636 bits per heavy atom. The van der Waals surface area contributed by atoms with Gasteiger partial charge in [0.1, 0.15) is 0 Å². The lowest BCUT2D eigenvalue weighted by molar-refractivity contribution is 0.569. The van der Waals surface area contributed by atoms with E-state index in [1.54, 1.807) is 0 Å². The number of allylic oxidation sites excluding steroid dienone is 2. The average Bonchev–Trinajstić information content (AvgIpc) is 2.54. The van der Waals surface area contributed by atoms with Crippen LogP contribution in [-0.4, -0.2) is 19.6 Å². The summed E-state index contributed by atoms with van der Waals surface area (Å²) in [5.74, 6) is 0. The molecule has 0 bridgehead atoms. The highest BCUT2D eigenvalue weighted by molar-refractivity contribution is 4.81.